The van der Waals surface area contributed by atoms with Gasteiger partial charge in [0.2, 0.25) is 0 Å². The minimum atomic E-state index is -0.660. The van der Waals surface area contributed by atoms with E-state index in [0.29, 0.717) is 11.3 Å². The monoisotopic (exact) mass is 417 g/mol. The van der Waals surface area contributed by atoms with E-state index in [1.165, 1.54) is 16.2 Å². The van der Waals surface area contributed by atoms with Gasteiger partial charge in [-0.25, -0.2) is 0 Å². The van der Waals surface area contributed by atoms with Gasteiger partial charge < -0.3 is 5.11 Å². The summed E-state index contributed by atoms with van der Waals surface area (Å²) >= 11 is 1.49. The molecule has 152 valence electrons. The molecule has 1 aliphatic heterocycles. The Kier molecular flexibility index (Phi) is 5.08. The number of benzene rings is 2. The predicted octanol–water partition coefficient (Wildman–Crippen LogP) is 5.61. The van der Waals surface area contributed by atoms with E-state index in [1.807, 2.05) is 75.5 Å². The number of rotatable bonds is 3. The third kappa shape index (κ3) is 3.15. The highest BCUT2D eigenvalue weighted by atomic mass is 32.1. The number of carbonyl (C=O) groups is 2. The van der Waals surface area contributed by atoms with Crippen molar-refractivity contribution < 1.29 is 14.7 Å². The summed E-state index contributed by atoms with van der Waals surface area (Å²) in [6.45, 7) is 7.82. The third-order valence-electron chi connectivity index (χ3n) is 5.75. The molecule has 5 heteroatoms. The highest BCUT2D eigenvalue weighted by molar-refractivity contribution is 7.10. The standard InChI is InChI=1S/C25H23NO3S/c1-14-9-10-18(13-17(14)4)22(27)20-21(24-16(3)11-12-30-24)26(25(29)23(20)28)19-8-6-5-7-15(19)2/h5-13,21,27H,1-4H3/b22-20-. The fourth-order valence-electron chi connectivity index (χ4n) is 3.87. The number of anilines is 1. The normalized spacial score (nSPS) is 18.3. The molecule has 2 aromatic carbocycles. The molecule has 4 rings (SSSR count). The molecule has 1 atom stereocenters. The quantitative estimate of drug-likeness (QED) is 0.342. The van der Waals surface area contributed by atoms with E-state index in [-0.39, 0.29) is 11.3 Å². The maximum atomic E-state index is 13.2. The van der Waals surface area contributed by atoms with Crippen LogP contribution in [0.2, 0.25) is 0 Å². The summed E-state index contributed by atoms with van der Waals surface area (Å²) in [6.07, 6.45) is 0. The van der Waals surface area contributed by atoms with Crippen LogP contribution < -0.4 is 4.90 Å². The molecule has 1 unspecified atom stereocenters. The minimum Gasteiger partial charge on any atom is -0.507 e. The molecule has 1 N–H and O–H groups in total. The van der Waals surface area contributed by atoms with Gasteiger partial charge in [-0.3, -0.25) is 14.5 Å². The number of nitrogens with zero attached hydrogens (tertiary/aromatic N) is 1. The Balaban J connectivity index is 1.98. The molecule has 1 saturated heterocycles. The number of carbonyl (C=O) groups excluding carboxylic acids is 2. The zero-order chi connectivity index (χ0) is 21.6. The first-order valence-corrected chi connectivity index (χ1v) is 10.7. The van der Waals surface area contributed by atoms with Gasteiger partial charge in [0.15, 0.2) is 0 Å². The van der Waals surface area contributed by atoms with Crippen molar-refractivity contribution in [3.05, 3.63) is 92.2 Å². The number of Topliss-reactive ketones (excluding diaryl/α,β-unsaturated/α-hetero) is 1. The van der Waals surface area contributed by atoms with Crippen LogP contribution in [-0.2, 0) is 9.59 Å². The van der Waals surface area contributed by atoms with Crippen LogP contribution in [0, 0.1) is 27.7 Å². The molecule has 0 saturated carbocycles. The topological polar surface area (TPSA) is 57.6 Å². The number of hydrogen-bond acceptors (Lipinski definition) is 4. The summed E-state index contributed by atoms with van der Waals surface area (Å²) in [5, 5.41) is 13.1. The van der Waals surface area contributed by atoms with Crippen molar-refractivity contribution in [3.8, 4) is 0 Å². The van der Waals surface area contributed by atoms with E-state index >= 15 is 0 Å². The molecule has 1 aromatic heterocycles. The highest BCUT2D eigenvalue weighted by Crippen LogP contribution is 2.45. The Morgan fingerprint density at radius 3 is 2.27 bits per heavy atom. The highest BCUT2D eigenvalue weighted by Gasteiger charge is 2.48. The van der Waals surface area contributed by atoms with Crippen molar-refractivity contribution >= 4 is 34.5 Å². The number of aryl methyl sites for hydroxylation is 4. The first kappa shape index (κ1) is 20.1. The average Bonchev–Trinajstić information content (AvgIpc) is 3.25. The van der Waals surface area contributed by atoms with E-state index in [2.05, 4.69) is 0 Å². The van der Waals surface area contributed by atoms with Gasteiger partial charge in [-0.2, -0.15) is 0 Å². The lowest BCUT2D eigenvalue weighted by atomic mass is 9.96. The Morgan fingerprint density at radius 1 is 0.900 bits per heavy atom. The van der Waals surface area contributed by atoms with Crippen LogP contribution in [0.4, 0.5) is 5.69 Å². The van der Waals surface area contributed by atoms with Gasteiger partial charge in [0.1, 0.15) is 11.8 Å². The molecule has 1 aliphatic rings. The molecular weight excluding hydrogens is 394 g/mol. The maximum absolute atomic E-state index is 13.2. The lowest BCUT2D eigenvalue weighted by molar-refractivity contribution is -0.132. The van der Waals surface area contributed by atoms with Crippen molar-refractivity contribution in [2.24, 2.45) is 0 Å². The molecule has 1 fully saturated rings. The number of para-hydroxylation sites is 1. The largest absolute Gasteiger partial charge is 0.507 e. The van der Waals surface area contributed by atoms with Crippen molar-refractivity contribution in [2.75, 3.05) is 4.90 Å². The molecule has 0 spiro atoms. The second kappa shape index (κ2) is 7.58. The molecule has 30 heavy (non-hydrogen) atoms. The zero-order valence-electron chi connectivity index (χ0n) is 17.4. The summed E-state index contributed by atoms with van der Waals surface area (Å²) in [6, 6.07) is 14.4. The summed E-state index contributed by atoms with van der Waals surface area (Å²) in [5.41, 5.74) is 5.34. The third-order valence-corrected chi connectivity index (χ3v) is 6.82. The summed E-state index contributed by atoms with van der Waals surface area (Å²) in [4.78, 5) is 28.8. The number of ketones is 1. The number of aliphatic hydroxyl groups is 1. The lowest BCUT2D eigenvalue weighted by Crippen LogP contribution is -2.30. The fraction of sp³-hybridized carbons (Fsp3) is 0.200. The van der Waals surface area contributed by atoms with Crippen LogP contribution in [0.25, 0.3) is 5.76 Å². The number of hydrogen-bond donors (Lipinski definition) is 1. The second-order valence-electron chi connectivity index (χ2n) is 7.72. The number of amides is 1. The summed E-state index contributed by atoms with van der Waals surface area (Å²) < 4.78 is 0. The molecule has 0 bridgehead atoms. The number of thiophene rings is 1. The Hall–Kier alpha value is -3.18. The molecule has 1 amide bonds. The van der Waals surface area contributed by atoms with Gasteiger partial charge in [0, 0.05) is 16.1 Å². The molecule has 2 heterocycles. The van der Waals surface area contributed by atoms with Crippen LogP contribution >= 0.6 is 11.3 Å². The van der Waals surface area contributed by atoms with Gasteiger partial charge in [-0.1, -0.05) is 30.3 Å². The smallest absolute Gasteiger partial charge is 0.300 e. The maximum Gasteiger partial charge on any atom is 0.300 e. The van der Waals surface area contributed by atoms with Crippen LogP contribution in [0.15, 0.2) is 59.5 Å². The molecule has 3 aromatic rings. The average molecular weight is 418 g/mol. The zero-order valence-corrected chi connectivity index (χ0v) is 18.2. The molecule has 0 aliphatic carbocycles. The van der Waals surface area contributed by atoms with Gasteiger partial charge >= 0.3 is 0 Å². The van der Waals surface area contributed by atoms with E-state index in [4.69, 9.17) is 0 Å². The van der Waals surface area contributed by atoms with Crippen molar-refractivity contribution in [2.45, 2.75) is 33.7 Å². The number of aliphatic hydroxyl groups excluding tert-OH is 1. The fourth-order valence-corrected chi connectivity index (χ4v) is 4.90. The van der Waals surface area contributed by atoms with Crippen LogP contribution in [-0.4, -0.2) is 16.8 Å². The van der Waals surface area contributed by atoms with Crippen LogP contribution in [0.3, 0.4) is 0 Å². The minimum absolute atomic E-state index is 0.134. The summed E-state index contributed by atoms with van der Waals surface area (Å²) in [5.74, 6) is -1.41. The van der Waals surface area contributed by atoms with E-state index in [9.17, 15) is 14.7 Å². The Bertz CT molecular complexity index is 1200. The Morgan fingerprint density at radius 2 is 1.63 bits per heavy atom. The summed E-state index contributed by atoms with van der Waals surface area (Å²) in [7, 11) is 0. The van der Waals surface area contributed by atoms with Gasteiger partial charge in [0.25, 0.3) is 11.7 Å². The predicted molar refractivity (Wildman–Crippen MR) is 121 cm³/mol. The van der Waals surface area contributed by atoms with E-state index in [0.717, 1.165) is 27.1 Å². The van der Waals surface area contributed by atoms with Crippen LogP contribution in [0.5, 0.6) is 0 Å². The first-order valence-electron chi connectivity index (χ1n) is 9.79. The SMILES string of the molecule is Cc1ccc(/C(O)=C2/C(=O)C(=O)N(c3ccccc3C)C2c2sccc2C)cc1C. The first-order chi connectivity index (χ1) is 14.3. The molecule has 0 radical (unpaired) electrons. The van der Waals surface area contributed by atoms with Crippen LogP contribution in [0.1, 0.15) is 38.7 Å². The van der Waals surface area contributed by atoms with Crippen molar-refractivity contribution in [1.82, 2.24) is 0 Å². The molecular formula is C25H23NO3S. The second-order valence-corrected chi connectivity index (χ2v) is 8.67. The molecule has 4 nitrogen and oxygen atoms in total. The lowest BCUT2D eigenvalue weighted by Gasteiger charge is -2.26. The van der Waals surface area contributed by atoms with Gasteiger partial charge in [0.05, 0.1) is 5.57 Å². The van der Waals surface area contributed by atoms with Crippen molar-refractivity contribution in [3.63, 3.8) is 0 Å². The van der Waals surface area contributed by atoms with E-state index < -0.39 is 17.7 Å². The van der Waals surface area contributed by atoms with Crippen molar-refractivity contribution in [1.29, 1.82) is 0 Å². The van der Waals surface area contributed by atoms with Gasteiger partial charge in [-0.15, -0.1) is 11.3 Å². The van der Waals surface area contributed by atoms with E-state index in [1.54, 1.807) is 6.07 Å². The van der Waals surface area contributed by atoms with Gasteiger partial charge in [-0.05, 0) is 73.5 Å². The Labute approximate surface area is 180 Å².